The molecule has 0 heterocycles. The number of nitrogens with two attached hydrogens (primary N) is 1. The molecule has 0 saturated heterocycles. The van der Waals surface area contributed by atoms with Crippen LogP contribution in [0.2, 0.25) is 0 Å². The van der Waals surface area contributed by atoms with Crippen molar-refractivity contribution in [3.05, 3.63) is 71.5 Å². The molecule has 1 amide bonds. The minimum absolute atomic E-state index is 0.0354. The third kappa shape index (κ3) is 4.63. The van der Waals surface area contributed by atoms with Crippen molar-refractivity contribution in [1.29, 1.82) is 0 Å². The van der Waals surface area contributed by atoms with Crippen LogP contribution >= 0.6 is 0 Å². The molecule has 0 aliphatic carbocycles. The molecule has 0 bridgehead atoms. The lowest BCUT2D eigenvalue weighted by atomic mass is 10.0. The first-order chi connectivity index (χ1) is 11.0. The number of benzene rings is 2. The summed E-state index contributed by atoms with van der Waals surface area (Å²) in [5, 5.41) is 0. The zero-order valence-electron chi connectivity index (χ0n) is 13.6. The van der Waals surface area contributed by atoms with Gasteiger partial charge in [0.25, 0.3) is 0 Å². The molecule has 0 spiro atoms. The smallest absolute Gasteiger partial charge is 0.222 e. The summed E-state index contributed by atoms with van der Waals surface area (Å²) < 4.78 is 13.0. The highest BCUT2D eigenvalue weighted by molar-refractivity contribution is 5.76. The van der Waals surface area contributed by atoms with Gasteiger partial charge in [-0.1, -0.05) is 42.5 Å². The molecular weight excluding hydrogens is 291 g/mol. The second kappa shape index (κ2) is 7.88. The molecule has 23 heavy (non-hydrogen) atoms. The lowest BCUT2D eigenvalue weighted by molar-refractivity contribution is -0.132. The van der Waals surface area contributed by atoms with E-state index in [2.05, 4.69) is 0 Å². The van der Waals surface area contributed by atoms with Gasteiger partial charge in [0, 0.05) is 19.5 Å². The Kier molecular flexibility index (Phi) is 5.88. The Labute approximate surface area is 136 Å². The zero-order chi connectivity index (χ0) is 16.8. The molecule has 2 rings (SSSR count). The van der Waals surface area contributed by atoms with Crippen LogP contribution in [-0.4, -0.2) is 17.9 Å². The lowest BCUT2D eigenvalue weighted by Gasteiger charge is -2.26. The largest absolute Gasteiger partial charge is 0.339 e. The van der Waals surface area contributed by atoms with Gasteiger partial charge in [0.2, 0.25) is 5.91 Å². The van der Waals surface area contributed by atoms with E-state index in [1.165, 1.54) is 12.1 Å². The summed E-state index contributed by atoms with van der Waals surface area (Å²) in [5.41, 5.74) is 8.08. The van der Waals surface area contributed by atoms with Crippen LogP contribution in [0.4, 0.5) is 4.39 Å². The van der Waals surface area contributed by atoms with Gasteiger partial charge in [-0.05, 0) is 36.6 Å². The lowest BCUT2D eigenvalue weighted by Crippen LogP contribution is -2.30. The molecular formula is C19H23FN2O. The molecule has 0 aliphatic rings. The minimum Gasteiger partial charge on any atom is -0.339 e. The molecule has 2 unspecified atom stereocenters. The van der Waals surface area contributed by atoms with E-state index in [0.29, 0.717) is 12.8 Å². The number of hydrogen-bond acceptors (Lipinski definition) is 2. The summed E-state index contributed by atoms with van der Waals surface area (Å²) in [5.74, 6) is -0.239. The third-order valence-corrected chi connectivity index (χ3v) is 4.22. The van der Waals surface area contributed by atoms with Crippen LogP contribution in [0.15, 0.2) is 54.6 Å². The predicted molar refractivity (Wildman–Crippen MR) is 90.2 cm³/mol. The van der Waals surface area contributed by atoms with E-state index < -0.39 is 0 Å². The Bertz CT molecular complexity index is 628. The number of hydrogen-bond donors (Lipinski definition) is 1. The molecule has 0 aromatic heterocycles. The second-order valence-electron chi connectivity index (χ2n) is 5.79. The second-order valence-corrected chi connectivity index (χ2v) is 5.79. The number of amides is 1. The first kappa shape index (κ1) is 17.2. The SMILES string of the molecule is CC(c1ccc(F)cc1)N(C)C(=O)CCC(N)c1ccccc1. The van der Waals surface area contributed by atoms with E-state index in [-0.39, 0.29) is 23.8 Å². The van der Waals surface area contributed by atoms with Gasteiger partial charge in [0.05, 0.1) is 6.04 Å². The normalized spacial score (nSPS) is 13.4. The first-order valence-corrected chi connectivity index (χ1v) is 7.80. The molecule has 0 radical (unpaired) electrons. The van der Waals surface area contributed by atoms with E-state index in [1.807, 2.05) is 37.3 Å². The Morgan fingerprint density at radius 2 is 1.70 bits per heavy atom. The average molecular weight is 314 g/mol. The van der Waals surface area contributed by atoms with Gasteiger partial charge in [-0.3, -0.25) is 4.79 Å². The molecule has 122 valence electrons. The third-order valence-electron chi connectivity index (χ3n) is 4.22. The van der Waals surface area contributed by atoms with Crippen LogP contribution in [0, 0.1) is 5.82 Å². The maximum atomic E-state index is 13.0. The summed E-state index contributed by atoms with van der Waals surface area (Å²) >= 11 is 0. The van der Waals surface area contributed by atoms with Crippen LogP contribution in [0.1, 0.15) is 43.0 Å². The van der Waals surface area contributed by atoms with Crippen molar-refractivity contribution in [2.45, 2.75) is 31.8 Å². The first-order valence-electron chi connectivity index (χ1n) is 7.80. The highest BCUT2D eigenvalue weighted by Gasteiger charge is 2.18. The van der Waals surface area contributed by atoms with Gasteiger partial charge >= 0.3 is 0 Å². The van der Waals surface area contributed by atoms with E-state index in [9.17, 15) is 9.18 Å². The zero-order valence-corrected chi connectivity index (χ0v) is 13.6. The van der Waals surface area contributed by atoms with E-state index in [0.717, 1.165) is 11.1 Å². The minimum atomic E-state index is -0.274. The maximum Gasteiger partial charge on any atom is 0.222 e. The molecule has 2 N–H and O–H groups in total. The monoisotopic (exact) mass is 314 g/mol. The maximum absolute atomic E-state index is 13.0. The van der Waals surface area contributed by atoms with Crippen LogP contribution in [0.25, 0.3) is 0 Å². The van der Waals surface area contributed by atoms with E-state index in [4.69, 9.17) is 5.73 Å². The van der Waals surface area contributed by atoms with Crippen LogP contribution < -0.4 is 5.73 Å². The number of carbonyl (C=O) groups is 1. The van der Waals surface area contributed by atoms with Crippen LogP contribution in [0.3, 0.4) is 0 Å². The average Bonchev–Trinajstić information content (AvgIpc) is 2.59. The fourth-order valence-corrected chi connectivity index (χ4v) is 2.50. The number of nitrogens with zero attached hydrogens (tertiary/aromatic N) is 1. The molecule has 0 aliphatic heterocycles. The Balaban J connectivity index is 1.90. The fraction of sp³-hybridized carbons (Fsp3) is 0.316. The quantitative estimate of drug-likeness (QED) is 0.881. The van der Waals surface area contributed by atoms with Gasteiger partial charge in [0.1, 0.15) is 5.82 Å². The summed E-state index contributed by atoms with van der Waals surface area (Å²) in [6.45, 7) is 1.93. The van der Waals surface area contributed by atoms with Crippen molar-refractivity contribution < 1.29 is 9.18 Å². The fourth-order valence-electron chi connectivity index (χ4n) is 2.50. The van der Waals surface area contributed by atoms with Crippen molar-refractivity contribution in [2.24, 2.45) is 5.73 Å². The van der Waals surface area contributed by atoms with Gasteiger partial charge in [-0.25, -0.2) is 4.39 Å². The molecule has 2 atom stereocenters. The summed E-state index contributed by atoms with van der Waals surface area (Å²) in [4.78, 5) is 14.0. The highest BCUT2D eigenvalue weighted by atomic mass is 19.1. The Morgan fingerprint density at radius 1 is 1.09 bits per heavy atom. The molecule has 2 aromatic rings. The number of carbonyl (C=O) groups excluding carboxylic acids is 1. The Hall–Kier alpha value is -2.20. The van der Waals surface area contributed by atoms with E-state index in [1.54, 1.807) is 24.1 Å². The standard InChI is InChI=1S/C19H23FN2O/c1-14(15-8-10-17(20)11-9-15)22(2)19(23)13-12-18(21)16-6-4-3-5-7-16/h3-11,14,18H,12-13,21H2,1-2H3. The topological polar surface area (TPSA) is 46.3 Å². The summed E-state index contributed by atoms with van der Waals surface area (Å²) in [6.07, 6.45) is 0.988. The van der Waals surface area contributed by atoms with Crippen molar-refractivity contribution in [1.82, 2.24) is 4.90 Å². The molecule has 2 aromatic carbocycles. The van der Waals surface area contributed by atoms with Gasteiger partial charge in [-0.2, -0.15) is 0 Å². The number of halogens is 1. The highest BCUT2D eigenvalue weighted by Crippen LogP contribution is 2.21. The number of rotatable bonds is 6. The van der Waals surface area contributed by atoms with Crippen molar-refractivity contribution in [2.75, 3.05) is 7.05 Å². The summed E-state index contributed by atoms with van der Waals surface area (Å²) in [6, 6.07) is 15.8. The van der Waals surface area contributed by atoms with Crippen molar-refractivity contribution >= 4 is 5.91 Å². The van der Waals surface area contributed by atoms with Crippen molar-refractivity contribution in [3.8, 4) is 0 Å². The van der Waals surface area contributed by atoms with Crippen LogP contribution in [0.5, 0.6) is 0 Å². The van der Waals surface area contributed by atoms with Crippen molar-refractivity contribution in [3.63, 3.8) is 0 Å². The van der Waals surface area contributed by atoms with Gasteiger partial charge < -0.3 is 10.6 Å². The van der Waals surface area contributed by atoms with Gasteiger partial charge in [-0.15, -0.1) is 0 Å². The van der Waals surface area contributed by atoms with Gasteiger partial charge in [0.15, 0.2) is 0 Å². The molecule has 0 fully saturated rings. The molecule has 4 heteroatoms. The Morgan fingerprint density at radius 3 is 2.30 bits per heavy atom. The molecule has 3 nitrogen and oxygen atoms in total. The molecule has 0 saturated carbocycles. The predicted octanol–water partition coefficient (Wildman–Crippen LogP) is 3.83. The van der Waals surface area contributed by atoms with E-state index >= 15 is 0 Å². The van der Waals surface area contributed by atoms with Crippen LogP contribution in [-0.2, 0) is 4.79 Å². The summed E-state index contributed by atoms with van der Waals surface area (Å²) in [7, 11) is 1.77.